The maximum Gasteiger partial charge on any atom is 0.255 e. The summed E-state index contributed by atoms with van der Waals surface area (Å²) in [5.41, 5.74) is 6.46. The number of anilines is 2. The lowest BCUT2D eigenvalue weighted by Gasteiger charge is -2.36. The molecule has 0 aliphatic carbocycles. The second-order valence-electron chi connectivity index (χ2n) is 11.1. The highest BCUT2D eigenvalue weighted by atomic mass is 32.2. The van der Waals surface area contributed by atoms with Crippen LogP contribution in [0.15, 0.2) is 83.8 Å². The molecule has 1 atom stereocenters. The average molecular weight is 612 g/mol. The van der Waals surface area contributed by atoms with Gasteiger partial charge in [-0.05, 0) is 123 Å². The smallest absolute Gasteiger partial charge is 0.255 e. The number of benzene rings is 4. The number of amides is 2. The van der Waals surface area contributed by atoms with Crippen molar-refractivity contribution in [2.45, 2.75) is 58.5 Å². The number of carbonyl (C=O) groups is 2. The SMILES string of the molecule is CCOc1ccc(NC(=O)c2ccc(NC(=O)[C@@H]3Cc4ccccc4CN3S(=O)(=O)c3c(C)c(C)cc(C)c3C)cc2)cc1. The molecular formula is C35H37N3O5S. The lowest BCUT2D eigenvalue weighted by Crippen LogP contribution is -2.50. The minimum atomic E-state index is -4.04. The summed E-state index contributed by atoms with van der Waals surface area (Å²) >= 11 is 0. The van der Waals surface area contributed by atoms with Gasteiger partial charge in [0, 0.05) is 23.5 Å². The van der Waals surface area contributed by atoms with Crippen LogP contribution in [0.5, 0.6) is 5.75 Å². The standard InChI is InChI=1S/C35H37N3O5S/c1-6-43-31-17-15-30(16-18-31)36-34(39)26-11-13-29(14-12-26)37-35(40)32-20-27-9-7-8-10-28(27)21-38(32)44(41,42)33-24(4)22(2)19-23(3)25(33)5/h7-19,32H,6,20-21H2,1-5H3,(H,36,39)(H,37,40)/t32-/m0/s1. The van der Waals surface area contributed by atoms with Gasteiger partial charge >= 0.3 is 0 Å². The Labute approximate surface area is 259 Å². The van der Waals surface area contributed by atoms with Crippen LogP contribution in [0, 0.1) is 27.7 Å². The van der Waals surface area contributed by atoms with E-state index in [1.54, 1.807) is 48.5 Å². The van der Waals surface area contributed by atoms with Crippen LogP contribution in [0.1, 0.15) is 50.7 Å². The summed E-state index contributed by atoms with van der Waals surface area (Å²) in [5, 5.41) is 5.74. The molecule has 0 saturated carbocycles. The Balaban J connectivity index is 1.38. The Kier molecular flexibility index (Phi) is 8.90. The van der Waals surface area contributed by atoms with E-state index in [0.717, 1.165) is 28.0 Å². The maximum absolute atomic E-state index is 14.3. The Morgan fingerprint density at radius 2 is 1.39 bits per heavy atom. The Morgan fingerprint density at radius 3 is 2.00 bits per heavy atom. The Hall–Kier alpha value is -4.47. The molecule has 44 heavy (non-hydrogen) atoms. The summed E-state index contributed by atoms with van der Waals surface area (Å²) in [5.74, 6) is -0.0144. The largest absolute Gasteiger partial charge is 0.494 e. The number of ether oxygens (including phenoxy) is 1. The second kappa shape index (κ2) is 12.6. The van der Waals surface area contributed by atoms with Crippen molar-refractivity contribution in [1.29, 1.82) is 0 Å². The van der Waals surface area contributed by atoms with E-state index in [-0.39, 0.29) is 23.8 Å². The highest BCUT2D eigenvalue weighted by Gasteiger charge is 2.41. The van der Waals surface area contributed by atoms with Gasteiger partial charge in [0.25, 0.3) is 5.91 Å². The van der Waals surface area contributed by atoms with Crippen LogP contribution in [0.2, 0.25) is 0 Å². The third-order valence-electron chi connectivity index (χ3n) is 8.21. The van der Waals surface area contributed by atoms with Crippen LogP contribution in [0.25, 0.3) is 0 Å². The van der Waals surface area contributed by atoms with E-state index in [9.17, 15) is 18.0 Å². The highest BCUT2D eigenvalue weighted by molar-refractivity contribution is 7.89. The van der Waals surface area contributed by atoms with Crippen LogP contribution in [-0.4, -0.2) is 37.2 Å². The predicted octanol–water partition coefficient (Wildman–Crippen LogP) is 6.33. The Bertz CT molecular complexity index is 1790. The van der Waals surface area contributed by atoms with Crippen molar-refractivity contribution in [2.24, 2.45) is 0 Å². The first-order chi connectivity index (χ1) is 21.0. The first kappa shape index (κ1) is 31.0. The van der Waals surface area contributed by atoms with Gasteiger partial charge in [-0.2, -0.15) is 4.31 Å². The summed E-state index contributed by atoms with van der Waals surface area (Å²) in [6, 6.07) is 22.3. The zero-order chi connectivity index (χ0) is 31.6. The number of hydrogen-bond acceptors (Lipinski definition) is 5. The van der Waals surface area contributed by atoms with Crippen LogP contribution < -0.4 is 15.4 Å². The number of fused-ring (bicyclic) bond motifs is 1. The van der Waals surface area contributed by atoms with Crippen molar-refractivity contribution < 1.29 is 22.7 Å². The van der Waals surface area contributed by atoms with Crippen molar-refractivity contribution >= 4 is 33.2 Å². The molecule has 2 amide bonds. The van der Waals surface area contributed by atoms with Gasteiger partial charge < -0.3 is 15.4 Å². The number of nitrogens with one attached hydrogen (secondary N) is 2. The number of carbonyl (C=O) groups excluding carboxylic acids is 2. The number of nitrogens with zero attached hydrogens (tertiary/aromatic N) is 1. The van der Waals surface area contributed by atoms with Gasteiger partial charge in [-0.15, -0.1) is 0 Å². The fourth-order valence-corrected chi connectivity index (χ4v) is 7.74. The molecular weight excluding hydrogens is 574 g/mol. The molecule has 5 rings (SSSR count). The van der Waals surface area contributed by atoms with E-state index >= 15 is 0 Å². The molecule has 0 spiro atoms. The number of sulfonamides is 1. The molecule has 0 saturated heterocycles. The van der Waals surface area contributed by atoms with E-state index in [2.05, 4.69) is 10.6 Å². The zero-order valence-corrected chi connectivity index (χ0v) is 26.4. The van der Waals surface area contributed by atoms with Crippen molar-refractivity contribution in [3.8, 4) is 5.75 Å². The zero-order valence-electron chi connectivity index (χ0n) is 25.6. The number of hydrogen-bond donors (Lipinski definition) is 2. The molecule has 0 bridgehead atoms. The Morgan fingerprint density at radius 1 is 0.818 bits per heavy atom. The molecule has 9 heteroatoms. The van der Waals surface area contributed by atoms with Crippen molar-refractivity contribution in [3.05, 3.63) is 118 Å². The fraction of sp³-hybridized carbons (Fsp3) is 0.257. The third kappa shape index (κ3) is 6.25. The molecule has 4 aromatic carbocycles. The van der Waals surface area contributed by atoms with Gasteiger partial charge in [0.2, 0.25) is 15.9 Å². The lowest BCUT2D eigenvalue weighted by molar-refractivity contribution is -0.120. The van der Waals surface area contributed by atoms with E-state index in [0.29, 0.717) is 34.7 Å². The quantitative estimate of drug-likeness (QED) is 0.243. The molecule has 1 heterocycles. The van der Waals surface area contributed by atoms with Gasteiger partial charge in [-0.1, -0.05) is 30.3 Å². The molecule has 0 aromatic heterocycles. The van der Waals surface area contributed by atoms with E-state index in [1.165, 1.54) is 4.31 Å². The number of aryl methyl sites for hydroxylation is 2. The van der Waals surface area contributed by atoms with Crippen LogP contribution in [0.3, 0.4) is 0 Å². The van der Waals surface area contributed by atoms with E-state index < -0.39 is 22.0 Å². The van der Waals surface area contributed by atoms with Crippen LogP contribution in [0.4, 0.5) is 11.4 Å². The molecule has 2 N–H and O–H groups in total. The van der Waals surface area contributed by atoms with Gasteiger partial charge in [-0.3, -0.25) is 9.59 Å². The predicted molar refractivity (Wildman–Crippen MR) is 173 cm³/mol. The summed E-state index contributed by atoms with van der Waals surface area (Å²) in [6.45, 7) is 9.98. The molecule has 8 nitrogen and oxygen atoms in total. The highest BCUT2D eigenvalue weighted by Crippen LogP contribution is 2.34. The molecule has 0 unspecified atom stereocenters. The van der Waals surface area contributed by atoms with E-state index in [1.807, 2.05) is 65.0 Å². The summed E-state index contributed by atoms with van der Waals surface area (Å²) < 4.78 is 35.4. The first-order valence-corrected chi connectivity index (χ1v) is 16.0. The molecule has 0 fully saturated rings. The van der Waals surface area contributed by atoms with Gasteiger partial charge in [-0.25, -0.2) is 8.42 Å². The van der Waals surface area contributed by atoms with Gasteiger partial charge in [0.1, 0.15) is 11.8 Å². The monoisotopic (exact) mass is 611 g/mol. The summed E-state index contributed by atoms with van der Waals surface area (Å²) in [7, 11) is -4.04. The average Bonchev–Trinajstić information content (AvgIpc) is 3.01. The molecule has 1 aliphatic heterocycles. The third-order valence-corrected chi connectivity index (χ3v) is 10.3. The first-order valence-electron chi connectivity index (χ1n) is 14.6. The van der Waals surface area contributed by atoms with Crippen molar-refractivity contribution in [2.75, 3.05) is 17.2 Å². The molecule has 228 valence electrons. The second-order valence-corrected chi connectivity index (χ2v) is 12.9. The molecule has 4 aromatic rings. The van der Waals surface area contributed by atoms with Crippen molar-refractivity contribution in [3.63, 3.8) is 0 Å². The van der Waals surface area contributed by atoms with Crippen LogP contribution in [-0.2, 0) is 27.8 Å². The minimum Gasteiger partial charge on any atom is -0.494 e. The van der Waals surface area contributed by atoms with Gasteiger partial charge in [0.15, 0.2) is 0 Å². The minimum absolute atomic E-state index is 0.0904. The lowest BCUT2D eigenvalue weighted by atomic mass is 9.95. The van der Waals surface area contributed by atoms with Gasteiger partial charge in [0.05, 0.1) is 11.5 Å². The maximum atomic E-state index is 14.3. The molecule has 0 radical (unpaired) electrons. The molecule has 1 aliphatic rings. The fourth-order valence-electron chi connectivity index (χ4n) is 5.59. The summed E-state index contributed by atoms with van der Waals surface area (Å²) in [6.07, 6.45) is 0.243. The van der Waals surface area contributed by atoms with Crippen molar-refractivity contribution in [1.82, 2.24) is 4.31 Å². The topological polar surface area (TPSA) is 105 Å². The number of rotatable bonds is 8. The van der Waals surface area contributed by atoms with E-state index in [4.69, 9.17) is 4.74 Å². The van der Waals surface area contributed by atoms with Crippen LogP contribution >= 0.6 is 0 Å². The summed E-state index contributed by atoms with van der Waals surface area (Å²) in [4.78, 5) is 26.9. The normalized spacial score (nSPS) is 14.9.